The molecular weight excluding hydrogens is 593 g/mol. The molecule has 0 aromatic heterocycles. The van der Waals surface area contributed by atoms with E-state index in [0.717, 1.165) is 22.3 Å². The van der Waals surface area contributed by atoms with Crippen molar-refractivity contribution in [1.29, 1.82) is 0 Å². The number of benzene rings is 4. The molecule has 0 bridgehead atoms. The highest BCUT2D eigenvalue weighted by molar-refractivity contribution is 6.85. The van der Waals surface area contributed by atoms with Crippen molar-refractivity contribution in [2.75, 3.05) is 0 Å². The van der Waals surface area contributed by atoms with E-state index in [1.165, 1.54) is 43.8 Å². The molecule has 1 aliphatic rings. The molecule has 0 heterocycles. The molecule has 0 atom stereocenters. The van der Waals surface area contributed by atoms with Gasteiger partial charge in [-0.1, -0.05) is 151 Å². The molecule has 4 aromatic carbocycles. The summed E-state index contributed by atoms with van der Waals surface area (Å²) >= 11 is 0. The van der Waals surface area contributed by atoms with E-state index in [1.54, 1.807) is 0 Å². The van der Waals surface area contributed by atoms with E-state index in [4.69, 9.17) is 0 Å². The first kappa shape index (κ1) is 31.9. The van der Waals surface area contributed by atoms with Crippen LogP contribution in [0.15, 0.2) is 48.5 Å². The van der Waals surface area contributed by atoms with Crippen molar-refractivity contribution in [2.24, 2.45) is 0 Å². The normalized spacial score (nSPS) is 12.3. The molecule has 0 aliphatic heterocycles. The van der Waals surface area contributed by atoms with E-state index in [2.05, 4.69) is 173 Å². The standard InChI is InChI=1S/C40H44Si4/c1-41(2,3)25-21-33-29-17-13-14-18-30(29)34(22-26-42(4,5)6)38-37(33)39-35(23-27-43(7,8)9)31-19-15-16-20-32(31)36(40(38)39)24-28-44(10,11)12/h13-20H,1-12H3. The fourth-order valence-electron chi connectivity index (χ4n) is 5.33. The SMILES string of the molecule is C[Si](C)(C)C#Cc1c2c(c(C#C[Si](C)(C)C)c3ccccc13)-c1c-2c(C#C[Si](C)(C)C)c2ccccc2c1C#C[Si](C)(C)C. The summed E-state index contributed by atoms with van der Waals surface area (Å²) in [5.74, 6) is 15.0. The van der Waals surface area contributed by atoms with Gasteiger partial charge in [-0.2, -0.15) is 0 Å². The van der Waals surface area contributed by atoms with Crippen molar-refractivity contribution in [1.82, 2.24) is 0 Å². The molecule has 0 spiro atoms. The Hall–Kier alpha value is -3.49. The third-order valence-corrected chi connectivity index (χ3v) is 10.7. The second-order valence-corrected chi connectivity index (χ2v) is 35.1. The first-order chi connectivity index (χ1) is 20.3. The summed E-state index contributed by atoms with van der Waals surface area (Å²) in [6.45, 7) is 27.8. The van der Waals surface area contributed by atoms with Crippen LogP contribution in [0.5, 0.6) is 0 Å². The summed E-state index contributed by atoms with van der Waals surface area (Å²) in [5, 5.41) is 4.76. The highest BCUT2D eigenvalue weighted by Gasteiger charge is 2.36. The van der Waals surface area contributed by atoms with Gasteiger partial charge in [0.05, 0.1) is 0 Å². The fourth-order valence-corrected chi connectivity index (χ4v) is 7.33. The van der Waals surface area contributed by atoms with E-state index >= 15 is 0 Å². The fraction of sp³-hybridized carbons (Fsp3) is 0.300. The predicted molar refractivity (Wildman–Crippen MR) is 207 cm³/mol. The maximum absolute atomic E-state index is 3.76. The van der Waals surface area contributed by atoms with Gasteiger partial charge in [0.15, 0.2) is 0 Å². The molecule has 0 nitrogen and oxygen atoms in total. The van der Waals surface area contributed by atoms with E-state index in [0.29, 0.717) is 0 Å². The van der Waals surface area contributed by atoms with Gasteiger partial charge in [-0.3, -0.25) is 0 Å². The van der Waals surface area contributed by atoms with Crippen molar-refractivity contribution in [2.45, 2.75) is 78.6 Å². The predicted octanol–water partition coefficient (Wildman–Crippen LogP) is 10.6. The van der Waals surface area contributed by atoms with Gasteiger partial charge >= 0.3 is 0 Å². The number of fused-ring (bicyclic) bond motifs is 6. The van der Waals surface area contributed by atoms with Crippen molar-refractivity contribution in [3.05, 3.63) is 70.8 Å². The zero-order chi connectivity index (χ0) is 32.2. The van der Waals surface area contributed by atoms with E-state index < -0.39 is 32.3 Å². The smallest absolute Gasteiger partial charge is 0.127 e. The van der Waals surface area contributed by atoms with Crippen molar-refractivity contribution >= 4 is 53.8 Å². The third-order valence-electron chi connectivity index (χ3n) is 7.18. The van der Waals surface area contributed by atoms with Crippen LogP contribution in [-0.2, 0) is 0 Å². The number of hydrogen-bond acceptors (Lipinski definition) is 0. The zero-order valence-electron chi connectivity index (χ0n) is 28.6. The van der Waals surface area contributed by atoms with Crippen LogP contribution in [0.1, 0.15) is 22.3 Å². The van der Waals surface area contributed by atoms with Crippen LogP contribution in [-0.4, -0.2) is 32.3 Å². The molecule has 4 aromatic rings. The van der Waals surface area contributed by atoms with Gasteiger partial charge in [0.25, 0.3) is 0 Å². The Morgan fingerprint density at radius 1 is 0.318 bits per heavy atom. The lowest BCUT2D eigenvalue weighted by molar-refractivity contribution is 1.49. The Bertz CT molecular complexity index is 1790. The van der Waals surface area contributed by atoms with Crippen molar-refractivity contribution < 1.29 is 0 Å². The Morgan fingerprint density at radius 3 is 0.659 bits per heavy atom. The molecule has 0 saturated carbocycles. The average Bonchev–Trinajstić information content (AvgIpc) is 2.89. The third kappa shape index (κ3) is 6.61. The first-order valence-electron chi connectivity index (χ1n) is 15.7. The minimum absolute atomic E-state index is 1.12. The van der Waals surface area contributed by atoms with Gasteiger partial charge in [0.2, 0.25) is 0 Å². The minimum Gasteiger partial charge on any atom is -0.127 e. The highest BCUT2D eigenvalue weighted by atomic mass is 28.3. The van der Waals surface area contributed by atoms with Crippen LogP contribution in [0.2, 0.25) is 78.6 Å². The maximum atomic E-state index is 3.76. The lowest BCUT2D eigenvalue weighted by Gasteiger charge is -2.33. The molecular formula is C40H44Si4. The summed E-state index contributed by atoms with van der Waals surface area (Å²) in [6.07, 6.45) is 0. The number of hydrogen-bond donors (Lipinski definition) is 0. The van der Waals surface area contributed by atoms with Gasteiger partial charge < -0.3 is 0 Å². The summed E-state index contributed by atoms with van der Waals surface area (Å²) < 4.78 is 0. The lowest BCUT2D eigenvalue weighted by Crippen LogP contribution is -2.18. The maximum Gasteiger partial charge on any atom is 0.129 e. The molecule has 0 amide bonds. The Balaban J connectivity index is 2.08. The molecule has 1 aliphatic carbocycles. The molecule has 44 heavy (non-hydrogen) atoms. The molecule has 0 N–H and O–H groups in total. The van der Waals surface area contributed by atoms with Gasteiger partial charge in [0, 0.05) is 44.5 Å². The zero-order valence-corrected chi connectivity index (χ0v) is 32.6. The second-order valence-electron chi connectivity index (χ2n) is 16.1. The Kier molecular flexibility index (Phi) is 8.08. The largest absolute Gasteiger partial charge is 0.129 e. The summed E-state index contributed by atoms with van der Waals surface area (Å²) in [5.41, 5.74) is 24.3. The van der Waals surface area contributed by atoms with Gasteiger partial charge in [-0.25, -0.2) is 0 Å². The molecule has 4 heteroatoms. The van der Waals surface area contributed by atoms with Crippen LogP contribution >= 0.6 is 0 Å². The average molecular weight is 637 g/mol. The quantitative estimate of drug-likeness (QED) is 0.117. The van der Waals surface area contributed by atoms with Crippen LogP contribution in [0.3, 0.4) is 0 Å². The summed E-state index contributed by atoms with van der Waals surface area (Å²) in [6, 6.07) is 17.5. The van der Waals surface area contributed by atoms with Crippen molar-refractivity contribution in [3.8, 4) is 68.1 Å². The second kappa shape index (κ2) is 11.1. The molecule has 220 valence electrons. The first-order valence-corrected chi connectivity index (χ1v) is 29.7. The minimum atomic E-state index is -1.65. The van der Waals surface area contributed by atoms with E-state index in [9.17, 15) is 0 Å². The summed E-state index contributed by atoms with van der Waals surface area (Å²) in [4.78, 5) is 0. The van der Waals surface area contributed by atoms with Crippen LogP contribution in [0.4, 0.5) is 0 Å². The molecule has 0 unspecified atom stereocenters. The highest BCUT2D eigenvalue weighted by Crippen LogP contribution is 2.58. The topological polar surface area (TPSA) is 0 Å². The van der Waals surface area contributed by atoms with Gasteiger partial charge in [-0.05, 0) is 21.5 Å². The van der Waals surface area contributed by atoms with E-state index in [-0.39, 0.29) is 0 Å². The van der Waals surface area contributed by atoms with Crippen molar-refractivity contribution in [3.63, 3.8) is 0 Å². The Labute approximate surface area is 270 Å². The molecule has 0 saturated heterocycles. The molecule has 5 rings (SSSR count). The van der Waals surface area contributed by atoms with Crippen LogP contribution in [0.25, 0.3) is 43.8 Å². The summed E-state index contributed by atoms with van der Waals surface area (Å²) in [7, 11) is -6.62. The molecule has 0 fully saturated rings. The van der Waals surface area contributed by atoms with Gasteiger partial charge in [-0.15, -0.1) is 22.2 Å². The Morgan fingerprint density at radius 2 is 0.500 bits per heavy atom. The number of rotatable bonds is 0. The van der Waals surface area contributed by atoms with Crippen LogP contribution in [0, 0.1) is 45.9 Å². The van der Waals surface area contributed by atoms with Gasteiger partial charge in [0.1, 0.15) is 32.3 Å². The molecule has 0 radical (unpaired) electrons. The van der Waals surface area contributed by atoms with E-state index in [1.807, 2.05) is 0 Å². The van der Waals surface area contributed by atoms with Crippen LogP contribution < -0.4 is 0 Å². The monoisotopic (exact) mass is 636 g/mol. The lowest BCUT2D eigenvalue weighted by atomic mass is 9.68.